The van der Waals surface area contributed by atoms with E-state index in [1.54, 1.807) is 0 Å². The summed E-state index contributed by atoms with van der Waals surface area (Å²) in [6.45, 7) is 0. The molecule has 1 aromatic heterocycles. The van der Waals surface area contributed by atoms with Crippen molar-refractivity contribution in [3.05, 3.63) is 51.6 Å². The van der Waals surface area contributed by atoms with Gasteiger partial charge in [0.1, 0.15) is 11.5 Å². The molecular weight excluding hydrogens is 329 g/mol. The molecule has 1 heterocycles. The third kappa shape index (κ3) is 2.43. The molecule has 0 aliphatic heterocycles. The number of anilines is 1. The van der Waals surface area contributed by atoms with Crippen LogP contribution in [0.4, 0.5) is 10.1 Å². The molecule has 2 aromatic rings. The molecule has 4 nitrogen and oxygen atoms in total. The minimum Gasteiger partial charge on any atom is -0.343 e. The molecule has 1 unspecified atom stereocenters. The minimum atomic E-state index is -0.503. The number of carbonyl (C=O) groups excluding carboxylic acids is 1. The highest BCUT2D eigenvalue weighted by molar-refractivity contribution is 6.31. The van der Waals surface area contributed by atoms with E-state index in [9.17, 15) is 9.18 Å². The van der Waals surface area contributed by atoms with Crippen LogP contribution < -0.4 is 11.1 Å². The van der Waals surface area contributed by atoms with Crippen LogP contribution in [0.1, 0.15) is 58.5 Å². The first-order chi connectivity index (χ1) is 11.5. The lowest BCUT2D eigenvalue weighted by atomic mass is 10.1. The number of nitrogens with zero attached hydrogens (tertiary/aromatic N) is 1. The predicted molar refractivity (Wildman–Crippen MR) is 92.0 cm³/mol. The number of hydrogen-bond donors (Lipinski definition) is 2. The summed E-state index contributed by atoms with van der Waals surface area (Å²) >= 11 is 5.79. The van der Waals surface area contributed by atoms with E-state index in [1.807, 2.05) is 11.6 Å². The van der Waals surface area contributed by atoms with Gasteiger partial charge in [0.05, 0.1) is 5.02 Å². The fourth-order valence-corrected chi connectivity index (χ4v) is 3.98. The average Bonchev–Trinajstić information content (AvgIpc) is 3.24. The van der Waals surface area contributed by atoms with E-state index in [0.29, 0.717) is 17.3 Å². The fourth-order valence-electron chi connectivity index (χ4n) is 3.80. The Kier molecular flexibility index (Phi) is 3.66. The molecule has 1 amide bonds. The second-order valence-electron chi connectivity index (χ2n) is 6.69. The highest BCUT2D eigenvalue weighted by atomic mass is 35.5. The third-order valence-electron chi connectivity index (χ3n) is 5.02. The zero-order valence-electron chi connectivity index (χ0n) is 13.4. The zero-order chi connectivity index (χ0) is 17.0. The molecule has 1 aromatic carbocycles. The number of carbonyl (C=O) groups is 1. The summed E-state index contributed by atoms with van der Waals surface area (Å²) in [5.74, 6) is -0.177. The molecule has 24 heavy (non-hydrogen) atoms. The Morgan fingerprint density at radius 2 is 2.12 bits per heavy atom. The van der Waals surface area contributed by atoms with Crippen molar-refractivity contribution in [2.24, 2.45) is 12.8 Å². The Morgan fingerprint density at radius 3 is 2.79 bits per heavy atom. The standard InChI is InChI=1S/C18H19ClFN3O/c1-23-16(9-2-3-9)15-11(5-7-14(15)21)17(23)18(24)22-10-4-6-13(20)12(19)8-10/h4,6,8-9,14H,2-3,5,7,21H2,1H3,(H,22,24). The molecule has 0 saturated heterocycles. The van der Waals surface area contributed by atoms with Crippen LogP contribution in [0.3, 0.4) is 0 Å². The molecule has 0 radical (unpaired) electrons. The first-order valence-electron chi connectivity index (χ1n) is 8.20. The normalized spacial score (nSPS) is 19.4. The molecule has 3 N–H and O–H groups in total. The number of nitrogens with two attached hydrogens (primary N) is 1. The first-order valence-corrected chi connectivity index (χ1v) is 8.58. The smallest absolute Gasteiger partial charge is 0.272 e. The summed E-state index contributed by atoms with van der Waals surface area (Å²) in [4.78, 5) is 12.8. The summed E-state index contributed by atoms with van der Waals surface area (Å²) in [6.07, 6.45) is 4.02. The van der Waals surface area contributed by atoms with Crippen molar-refractivity contribution in [1.29, 1.82) is 0 Å². The SMILES string of the molecule is Cn1c(C(=O)Nc2ccc(F)c(Cl)c2)c2c(c1C1CC1)C(N)CC2. The van der Waals surface area contributed by atoms with E-state index in [0.717, 1.165) is 31.2 Å². The van der Waals surface area contributed by atoms with Gasteiger partial charge in [-0.25, -0.2) is 4.39 Å². The summed E-state index contributed by atoms with van der Waals surface area (Å²) in [7, 11) is 1.94. The number of amides is 1. The van der Waals surface area contributed by atoms with Crippen LogP contribution in [0.15, 0.2) is 18.2 Å². The van der Waals surface area contributed by atoms with Crippen molar-refractivity contribution in [3.8, 4) is 0 Å². The van der Waals surface area contributed by atoms with Gasteiger partial charge in [-0.1, -0.05) is 11.6 Å². The van der Waals surface area contributed by atoms with E-state index < -0.39 is 5.82 Å². The lowest BCUT2D eigenvalue weighted by Crippen LogP contribution is -2.18. The van der Waals surface area contributed by atoms with Gasteiger partial charge in [-0.3, -0.25) is 4.79 Å². The maximum atomic E-state index is 13.3. The van der Waals surface area contributed by atoms with Crippen LogP contribution in [-0.4, -0.2) is 10.5 Å². The molecule has 2 aliphatic carbocycles. The van der Waals surface area contributed by atoms with Crippen molar-refractivity contribution < 1.29 is 9.18 Å². The second kappa shape index (κ2) is 5.60. The Hall–Kier alpha value is -1.85. The molecule has 4 rings (SSSR count). The van der Waals surface area contributed by atoms with Crippen molar-refractivity contribution >= 4 is 23.2 Å². The Labute approximate surface area is 144 Å². The number of halogens is 2. The number of benzene rings is 1. The number of rotatable bonds is 3. The van der Waals surface area contributed by atoms with Gasteiger partial charge in [-0.05, 0) is 60.9 Å². The predicted octanol–water partition coefficient (Wildman–Crippen LogP) is 3.89. The van der Waals surface area contributed by atoms with Crippen LogP contribution >= 0.6 is 11.6 Å². The van der Waals surface area contributed by atoms with Gasteiger partial charge < -0.3 is 15.6 Å². The second-order valence-corrected chi connectivity index (χ2v) is 7.09. The van der Waals surface area contributed by atoms with Gasteiger partial charge in [0.2, 0.25) is 0 Å². The van der Waals surface area contributed by atoms with E-state index in [1.165, 1.54) is 29.5 Å². The molecular formula is C18H19ClFN3O. The summed E-state index contributed by atoms with van der Waals surface area (Å²) in [5, 5.41) is 2.82. The van der Waals surface area contributed by atoms with Gasteiger partial charge in [0.15, 0.2) is 0 Å². The molecule has 1 fully saturated rings. The van der Waals surface area contributed by atoms with Crippen LogP contribution in [0.5, 0.6) is 0 Å². The molecule has 0 bridgehead atoms. The molecule has 6 heteroatoms. The Morgan fingerprint density at radius 1 is 1.38 bits per heavy atom. The van der Waals surface area contributed by atoms with Crippen molar-refractivity contribution in [3.63, 3.8) is 0 Å². The van der Waals surface area contributed by atoms with E-state index >= 15 is 0 Å². The van der Waals surface area contributed by atoms with Gasteiger partial charge in [0, 0.05) is 24.5 Å². The van der Waals surface area contributed by atoms with Gasteiger partial charge >= 0.3 is 0 Å². The highest BCUT2D eigenvalue weighted by Gasteiger charge is 2.38. The third-order valence-corrected chi connectivity index (χ3v) is 5.31. The number of aromatic nitrogens is 1. The van der Waals surface area contributed by atoms with Gasteiger partial charge in [-0.2, -0.15) is 0 Å². The average molecular weight is 348 g/mol. The number of fused-ring (bicyclic) bond motifs is 1. The van der Waals surface area contributed by atoms with Crippen LogP contribution in [0, 0.1) is 5.82 Å². The van der Waals surface area contributed by atoms with Crippen LogP contribution in [0.2, 0.25) is 5.02 Å². The van der Waals surface area contributed by atoms with E-state index in [4.69, 9.17) is 17.3 Å². The van der Waals surface area contributed by atoms with Crippen molar-refractivity contribution in [2.75, 3.05) is 5.32 Å². The quantitative estimate of drug-likeness (QED) is 0.884. The summed E-state index contributed by atoms with van der Waals surface area (Å²) < 4.78 is 15.3. The number of hydrogen-bond acceptors (Lipinski definition) is 2. The van der Waals surface area contributed by atoms with Crippen molar-refractivity contribution in [2.45, 2.75) is 37.6 Å². The fraction of sp³-hybridized carbons (Fsp3) is 0.389. The summed E-state index contributed by atoms with van der Waals surface area (Å²) in [6, 6.07) is 4.20. The first kappa shape index (κ1) is 15.7. The molecule has 1 atom stereocenters. The largest absolute Gasteiger partial charge is 0.343 e. The lowest BCUT2D eigenvalue weighted by molar-refractivity contribution is 0.101. The summed E-state index contributed by atoms with van der Waals surface area (Å²) in [5.41, 5.74) is 10.9. The molecule has 0 spiro atoms. The topological polar surface area (TPSA) is 60.0 Å². The Balaban J connectivity index is 1.71. The molecule has 126 valence electrons. The zero-order valence-corrected chi connectivity index (χ0v) is 14.2. The van der Waals surface area contributed by atoms with Crippen molar-refractivity contribution in [1.82, 2.24) is 4.57 Å². The van der Waals surface area contributed by atoms with E-state index in [-0.39, 0.29) is 17.0 Å². The Bertz CT molecular complexity index is 841. The van der Waals surface area contributed by atoms with Gasteiger partial charge in [0.25, 0.3) is 5.91 Å². The molecule has 1 saturated carbocycles. The maximum Gasteiger partial charge on any atom is 0.272 e. The lowest BCUT2D eigenvalue weighted by Gasteiger charge is -2.12. The monoisotopic (exact) mass is 347 g/mol. The van der Waals surface area contributed by atoms with Gasteiger partial charge in [-0.15, -0.1) is 0 Å². The van der Waals surface area contributed by atoms with Crippen LogP contribution in [0.25, 0.3) is 0 Å². The number of nitrogens with one attached hydrogen (secondary N) is 1. The maximum absolute atomic E-state index is 13.3. The molecule has 2 aliphatic rings. The van der Waals surface area contributed by atoms with E-state index in [2.05, 4.69) is 5.32 Å². The highest BCUT2D eigenvalue weighted by Crippen LogP contribution is 2.48. The minimum absolute atomic E-state index is 0.00870. The van der Waals surface area contributed by atoms with Crippen LogP contribution in [-0.2, 0) is 13.5 Å².